The van der Waals surface area contributed by atoms with E-state index in [4.69, 9.17) is 0 Å². The van der Waals surface area contributed by atoms with E-state index in [2.05, 4.69) is 4.90 Å². The second kappa shape index (κ2) is 4.01. The highest BCUT2D eigenvalue weighted by Gasteiger charge is 2.13. The maximum Gasteiger partial charge on any atom is 0.122 e. The Morgan fingerprint density at radius 3 is 2.71 bits per heavy atom. The largest absolute Gasteiger partial charge is 0.507 e. The molecule has 0 bridgehead atoms. The first-order valence-electron chi connectivity index (χ1n) is 5.27. The lowest BCUT2D eigenvalue weighted by Crippen LogP contribution is -2.18. The molecule has 2 heteroatoms. The lowest BCUT2D eigenvalue weighted by atomic mass is 10.1. The van der Waals surface area contributed by atoms with Crippen LogP contribution in [-0.2, 0) is 6.54 Å². The minimum atomic E-state index is 0.472. The van der Waals surface area contributed by atoms with Gasteiger partial charge in [0.25, 0.3) is 0 Å². The van der Waals surface area contributed by atoms with Crippen LogP contribution in [0.1, 0.15) is 24.0 Å². The number of phenols is 1. The molecule has 1 aliphatic rings. The fourth-order valence-electron chi connectivity index (χ4n) is 2.03. The quantitative estimate of drug-likeness (QED) is 0.775. The number of aryl methyl sites for hydroxylation is 1. The molecule has 0 aromatic heterocycles. The first kappa shape index (κ1) is 9.53. The molecule has 0 spiro atoms. The van der Waals surface area contributed by atoms with Gasteiger partial charge in [0.1, 0.15) is 5.75 Å². The van der Waals surface area contributed by atoms with Crippen molar-refractivity contribution in [2.75, 3.05) is 13.1 Å². The van der Waals surface area contributed by atoms with Gasteiger partial charge in [-0.15, -0.1) is 0 Å². The number of para-hydroxylation sites is 1. The third-order valence-electron chi connectivity index (χ3n) is 2.91. The standard InChI is InChI=1S/C12H17NO/c1-10-5-4-6-11(12(10)14)9-13-7-2-3-8-13/h4-6,14H,2-3,7-9H2,1H3. The van der Waals surface area contributed by atoms with Gasteiger partial charge in [0.15, 0.2) is 0 Å². The molecule has 0 aliphatic carbocycles. The van der Waals surface area contributed by atoms with Crippen molar-refractivity contribution in [2.24, 2.45) is 0 Å². The van der Waals surface area contributed by atoms with E-state index in [0.717, 1.165) is 17.7 Å². The van der Waals surface area contributed by atoms with Crippen LogP contribution in [0.4, 0.5) is 0 Å². The number of likely N-dealkylation sites (tertiary alicyclic amines) is 1. The molecule has 0 radical (unpaired) electrons. The lowest BCUT2D eigenvalue weighted by Gasteiger charge is -2.16. The van der Waals surface area contributed by atoms with Crippen molar-refractivity contribution in [1.29, 1.82) is 0 Å². The molecule has 1 heterocycles. The van der Waals surface area contributed by atoms with Crippen molar-refractivity contribution in [3.05, 3.63) is 29.3 Å². The Hall–Kier alpha value is -1.02. The first-order valence-corrected chi connectivity index (χ1v) is 5.27. The van der Waals surface area contributed by atoms with Gasteiger partial charge in [-0.1, -0.05) is 18.2 Å². The zero-order valence-electron chi connectivity index (χ0n) is 8.66. The highest BCUT2D eigenvalue weighted by atomic mass is 16.3. The summed E-state index contributed by atoms with van der Waals surface area (Å²) in [6.07, 6.45) is 2.60. The third kappa shape index (κ3) is 1.90. The van der Waals surface area contributed by atoms with Gasteiger partial charge in [0, 0.05) is 12.1 Å². The van der Waals surface area contributed by atoms with Gasteiger partial charge in [-0.25, -0.2) is 0 Å². The van der Waals surface area contributed by atoms with Crippen molar-refractivity contribution in [3.8, 4) is 5.75 Å². The molecule has 0 atom stereocenters. The second-order valence-corrected chi connectivity index (χ2v) is 4.07. The minimum Gasteiger partial charge on any atom is -0.507 e. The van der Waals surface area contributed by atoms with Gasteiger partial charge < -0.3 is 5.11 Å². The van der Waals surface area contributed by atoms with Crippen LogP contribution in [0.3, 0.4) is 0 Å². The van der Waals surface area contributed by atoms with Crippen LogP contribution >= 0.6 is 0 Å². The van der Waals surface area contributed by atoms with Crippen molar-refractivity contribution in [3.63, 3.8) is 0 Å². The van der Waals surface area contributed by atoms with Crippen LogP contribution < -0.4 is 0 Å². The monoisotopic (exact) mass is 191 g/mol. The predicted molar refractivity (Wildman–Crippen MR) is 57.4 cm³/mol. The Morgan fingerprint density at radius 1 is 1.29 bits per heavy atom. The second-order valence-electron chi connectivity index (χ2n) is 4.07. The third-order valence-corrected chi connectivity index (χ3v) is 2.91. The summed E-state index contributed by atoms with van der Waals surface area (Å²) in [5, 5.41) is 9.83. The summed E-state index contributed by atoms with van der Waals surface area (Å²) in [5.41, 5.74) is 2.04. The summed E-state index contributed by atoms with van der Waals surface area (Å²) in [6, 6.07) is 5.98. The maximum atomic E-state index is 9.83. The van der Waals surface area contributed by atoms with E-state index < -0.39 is 0 Å². The summed E-state index contributed by atoms with van der Waals surface area (Å²) in [4.78, 5) is 2.40. The summed E-state index contributed by atoms with van der Waals surface area (Å²) in [6.45, 7) is 5.19. The summed E-state index contributed by atoms with van der Waals surface area (Å²) in [7, 11) is 0. The molecular weight excluding hydrogens is 174 g/mol. The molecule has 1 aromatic carbocycles. The zero-order chi connectivity index (χ0) is 9.97. The van der Waals surface area contributed by atoms with E-state index in [9.17, 15) is 5.11 Å². The smallest absolute Gasteiger partial charge is 0.122 e. The molecule has 1 aromatic rings. The molecule has 0 unspecified atom stereocenters. The van der Waals surface area contributed by atoms with Crippen molar-refractivity contribution < 1.29 is 5.11 Å². The van der Waals surface area contributed by atoms with Crippen LogP contribution in [-0.4, -0.2) is 23.1 Å². The molecule has 0 amide bonds. The van der Waals surface area contributed by atoms with Crippen molar-refractivity contribution in [2.45, 2.75) is 26.3 Å². The molecule has 1 saturated heterocycles. The lowest BCUT2D eigenvalue weighted by molar-refractivity contribution is 0.324. The van der Waals surface area contributed by atoms with Crippen molar-refractivity contribution >= 4 is 0 Å². The fraction of sp³-hybridized carbons (Fsp3) is 0.500. The molecule has 1 N–H and O–H groups in total. The Kier molecular flexibility index (Phi) is 2.73. The molecule has 2 nitrogen and oxygen atoms in total. The highest BCUT2D eigenvalue weighted by Crippen LogP contribution is 2.24. The van der Waals surface area contributed by atoms with E-state index in [1.807, 2.05) is 25.1 Å². The Bertz CT molecular complexity index is 316. The molecule has 0 saturated carbocycles. The summed E-state index contributed by atoms with van der Waals surface area (Å²) >= 11 is 0. The van der Waals surface area contributed by atoms with E-state index >= 15 is 0 Å². The first-order chi connectivity index (χ1) is 6.77. The van der Waals surface area contributed by atoms with E-state index in [1.54, 1.807) is 0 Å². The summed E-state index contributed by atoms with van der Waals surface area (Å²) < 4.78 is 0. The van der Waals surface area contributed by atoms with E-state index in [-0.39, 0.29) is 0 Å². The highest BCUT2D eigenvalue weighted by molar-refractivity contribution is 5.39. The SMILES string of the molecule is Cc1cccc(CN2CCCC2)c1O. The number of hydrogen-bond acceptors (Lipinski definition) is 2. The Balaban J connectivity index is 2.11. The number of nitrogens with zero attached hydrogens (tertiary/aromatic N) is 1. The van der Waals surface area contributed by atoms with Crippen LogP contribution in [0.2, 0.25) is 0 Å². The number of benzene rings is 1. The average Bonchev–Trinajstić information content (AvgIpc) is 2.66. The van der Waals surface area contributed by atoms with Crippen LogP contribution in [0.25, 0.3) is 0 Å². The topological polar surface area (TPSA) is 23.5 Å². The zero-order valence-corrected chi connectivity index (χ0v) is 8.66. The van der Waals surface area contributed by atoms with Gasteiger partial charge in [-0.2, -0.15) is 0 Å². The molecular formula is C12H17NO. The molecule has 2 rings (SSSR count). The molecule has 1 aliphatic heterocycles. The summed E-state index contributed by atoms with van der Waals surface area (Å²) in [5.74, 6) is 0.472. The Labute approximate surface area is 85.2 Å². The van der Waals surface area contributed by atoms with E-state index in [1.165, 1.54) is 25.9 Å². The van der Waals surface area contributed by atoms with E-state index in [0.29, 0.717) is 5.75 Å². The van der Waals surface area contributed by atoms with Gasteiger partial charge in [0.05, 0.1) is 0 Å². The average molecular weight is 191 g/mol. The molecule has 76 valence electrons. The predicted octanol–water partition coefficient (Wildman–Crippen LogP) is 2.30. The van der Waals surface area contributed by atoms with Crippen LogP contribution in [0, 0.1) is 6.92 Å². The minimum absolute atomic E-state index is 0.472. The fourth-order valence-corrected chi connectivity index (χ4v) is 2.03. The molecule has 1 fully saturated rings. The van der Waals surface area contributed by atoms with Gasteiger partial charge in [-0.05, 0) is 38.4 Å². The normalized spacial score (nSPS) is 17.5. The van der Waals surface area contributed by atoms with Gasteiger partial charge >= 0.3 is 0 Å². The van der Waals surface area contributed by atoms with Crippen LogP contribution in [0.15, 0.2) is 18.2 Å². The number of hydrogen-bond donors (Lipinski definition) is 1. The van der Waals surface area contributed by atoms with Crippen LogP contribution in [0.5, 0.6) is 5.75 Å². The van der Waals surface area contributed by atoms with Gasteiger partial charge in [0.2, 0.25) is 0 Å². The Morgan fingerprint density at radius 2 is 2.00 bits per heavy atom. The number of aromatic hydroxyl groups is 1. The van der Waals surface area contributed by atoms with Crippen molar-refractivity contribution in [1.82, 2.24) is 4.90 Å². The number of phenolic OH excluding ortho intramolecular Hbond substituents is 1. The number of rotatable bonds is 2. The van der Waals surface area contributed by atoms with Gasteiger partial charge in [-0.3, -0.25) is 4.90 Å². The molecule has 14 heavy (non-hydrogen) atoms. The maximum absolute atomic E-state index is 9.83.